The standard InChI is InChI=1S/C24H23Cl2FN2O4S2/c1-16-23(29(34(2,30)31)35(32,33)22-13-11-21(27)12-14-22)15-28(16)24(17-3-7-19(25)8-4-17)18-5-9-20(26)10-6-18/h3-14,16,23-24H,15H2,1-2H3/t16-,23+/m1/s1. The molecule has 0 radical (unpaired) electrons. The number of sulfonamides is 2. The van der Waals surface area contributed by atoms with Crippen molar-refractivity contribution in [3.05, 3.63) is 99.8 Å². The van der Waals surface area contributed by atoms with Crippen LogP contribution < -0.4 is 0 Å². The van der Waals surface area contributed by atoms with E-state index in [-0.39, 0.29) is 17.5 Å². The van der Waals surface area contributed by atoms with Gasteiger partial charge in [-0.15, -0.1) is 0 Å². The zero-order chi connectivity index (χ0) is 25.5. The van der Waals surface area contributed by atoms with Gasteiger partial charge in [0.1, 0.15) is 5.82 Å². The molecule has 1 aliphatic rings. The van der Waals surface area contributed by atoms with Crippen molar-refractivity contribution in [2.75, 3.05) is 12.8 Å². The van der Waals surface area contributed by atoms with Crippen LogP contribution in [0.4, 0.5) is 4.39 Å². The summed E-state index contributed by atoms with van der Waals surface area (Å²) in [5, 5.41) is 1.15. The summed E-state index contributed by atoms with van der Waals surface area (Å²) in [5.41, 5.74) is 1.82. The molecule has 3 aromatic rings. The lowest BCUT2D eigenvalue weighted by Gasteiger charge is -2.53. The van der Waals surface area contributed by atoms with E-state index >= 15 is 0 Å². The second-order valence-corrected chi connectivity index (χ2v) is 13.2. The smallest absolute Gasteiger partial charge is 0.256 e. The van der Waals surface area contributed by atoms with Crippen LogP contribution in [0.2, 0.25) is 10.0 Å². The van der Waals surface area contributed by atoms with Gasteiger partial charge in [-0.2, -0.15) is 0 Å². The molecule has 0 aliphatic carbocycles. The van der Waals surface area contributed by atoms with Gasteiger partial charge in [0.05, 0.1) is 23.2 Å². The lowest BCUT2D eigenvalue weighted by atomic mass is 9.89. The summed E-state index contributed by atoms with van der Waals surface area (Å²) in [4.78, 5) is 1.73. The van der Waals surface area contributed by atoms with Crippen LogP contribution in [-0.4, -0.2) is 50.3 Å². The molecule has 1 fully saturated rings. The Morgan fingerprint density at radius 3 is 1.71 bits per heavy atom. The van der Waals surface area contributed by atoms with Gasteiger partial charge in [0.15, 0.2) is 0 Å². The molecule has 0 bridgehead atoms. The molecular formula is C24H23Cl2FN2O4S2. The molecular weight excluding hydrogens is 534 g/mol. The van der Waals surface area contributed by atoms with Gasteiger partial charge >= 0.3 is 0 Å². The average molecular weight is 557 g/mol. The number of nitrogens with zero attached hydrogens (tertiary/aromatic N) is 2. The fraction of sp³-hybridized carbons (Fsp3) is 0.250. The summed E-state index contributed by atoms with van der Waals surface area (Å²) in [7, 11) is -8.61. The van der Waals surface area contributed by atoms with Crippen molar-refractivity contribution in [1.29, 1.82) is 0 Å². The lowest BCUT2D eigenvalue weighted by Crippen LogP contribution is -2.67. The molecule has 4 rings (SSSR count). The molecule has 11 heteroatoms. The van der Waals surface area contributed by atoms with Crippen molar-refractivity contribution in [2.45, 2.75) is 29.9 Å². The fourth-order valence-corrected chi connectivity index (χ4v) is 8.34. The Morgan fingerprint density at radius 1 is 0.857 bits per heavy atom. The molecule has 1 saturated heterocycles. The largest absolute Gasteiger partial charge is 0.286 e. The average Bonchev–Trinajstić information content (AvgIpc) is 2.79. The second-order valence-electron chi connectivity index (χ2n) is 8.46. The fourth-order valence-electron chi connectivity index (χ4n) is 4.38. The van der Waals surface area contributed by atoms with E-state index in [4.69, 9.17) is 23.2 Å². The van der Waals surface area contributed by atoms with Crippen molar-refractivity contribution >= 4 is 43.2 Å². The monoisotopic (exact) mass is 556 g/mol. The van der Waals surface area contributed by atoms with E-state index in [1.54, 1.807) is 31.2 Å². The Hall–Kier alpha value is -2.01. The highest BCUT2D eigenvalue weighted by atomic mass is 35.5. The van der Waals surface area contributed by atoms with Gasteiger partial charge in [-0.05, 0) is 66.6 Å². The highest BCUT2D eigenvalue weighted by Crippen LogP contribution is 2.40. The summed E-state index contributed by atoms with van der Waals surface area (Å²) in [5.74, 6) is -0.619. The molecule has 0 saturated carbocycles. The summed E-state index contributed by atoms with van der Waals surface area (Å²) in [6.07, 6.45) is 0.860. The van der Waals surface area contributed by atoms with Gasteiger partial charge in [-0.1, -0.05) is 51.2 Å². The van der Waals surface area contributed by atoms with E-state index in [9.17, 15) is 21.2 Å². The van der Waals surface area contributed by atoms with Gasteiger partial charge in [0.2, 0.25) is 10.0 Å². The molecule has 0 aromatic heterocycles. The molecule has 0 unspecified atom stereocenters. The topological polar surface area (TPSA) is 74.8 Å². The Kier molecular flexibility index (Phi) is 7.30. The van der Waals surface area contributed by atoms with Crippen LogP contribution in [-0.2, 0) is 20.0 Å². The molecule has 3 aromatic carbocycles. The van der Waals surface area contributed by atoms with E-state index in [2.05, 4.69) is 0 Å². The third-order valence-corrected chi connectivity index (χ3v) is 10.6. The minimum atomic E-state index is -4.44. The number of halogens is 3. The quantitative estimate of drug-likeness (QED) is 0.411. The zero-order valence-electron chi connectivity index (χ0n) is 18.8. The van der Waals surface area contributed by atoms with Gasteiger partial charge in [-0.25, -0.2) is 21.2 Å². The first-order valence-corrected chi connectivity index (χ1v) is 14.7. The van der Waals surface area contributed by atoms with Crippen LogP contribution in [0.3, 0.4) is 0 Å². The van der Waals surface area contributed by atoms with Crippen molar-refractivity contribution in [1.82, 2.24) is 8.61 Å². The van der Waals surface area contributed by atoms with Crippen molar-refractivity contribution in [3.8, 4) is 0 Å². The number of likely N-dealkylation sites (tertiary alicyclic amines) is 1. The molecule has 0 N–H and O–H groups in total. The Morgan fingerprint density at radius 2 is 1.31 bits per heavy atom. The van der Waals surface area contributed by atoms with Gasteiger partial charge in [-0.3, -0.25) is 4.90 Å². The maximum Gasteiger partial charge on any atom is 0.256 e. The van der Waals surface area contributed by atoms with E-state index < -0.39 is 37.9 Å². The summed E-state index contributed by atoms with van der Waals surface area (Å²) in [6, 6.07) is 17.1. The van der Waals surface area contributed by atoms with Gasteiger partial charge in [0, 0.05) is 22.6 Å². The van der Waals surface area contributed by atoms with Crippen molar-refractivity contribution in [2.24, 2.45) is 0 Å². The highest BCUT2D eigenvalue weighted by molar-refractivity contribution is 8.03. The molecule has 0 spiro atoms. The number of benzene rings is 3. The third-order valence-electron chi connectivity index (χ3n) is 6.13. The summed E-state index contributed by atoms with van der Waals surface area (Å²) in [6.45, 7) is 1.94. The second kappa shape index (κ2) is 9.80. The van der Waals surface area contributed by atoms with Crippen LogP contribution in [0, 0.1) is 5.82 Å². The Labute approximate surface area is 215 Å². The molecule has 186 valence electrons. The van der Waals surface area contributed by atoms with Gasteiger partial charge in [0.25, 0.3) is 10.0 Å². The maximum atomic E-state index is 13.4. The molecule has 6 nitrogen and oxygen atoms in total. The third kappa shape index (κ3) is 5.26. The number of rotatable bonds is 7. The van der Waals surface area contributed by atoms with Crippen molar-refractivity contribution in [3.63, 3.8) is 0 Å². The van der Waals surface area contributed by atoms with E-state index in [0.717, 1.165) is 41.6 Å². The first-order chi connectivity index (χ1) is 16.4. The Balaban J connectivity index is 1.71. The molecule has 2 atom stereocenters. The molecule has 35 heavy (non-hydrogen) atoms. The van der Waals surface area contributed by atoms with Crippen LogP contribution in [0.5, 0.6) is 0 Å². The van der Waals surface area contributed by atoms with E-state index in [0.29, 0.717) is 13.8 Å². The zero-order valence-corrected chi connectivity index (χ0v) is 22.0. The SMILES string of the molecule is C[C@@H]1[C@@H](N(S(C)(=O)=O)S(=O)(=O)c2ccc(F)cc2)CN1C(c1ccc(Cl)cc1)c1ccc(Cl)cc1. The molecule has 0 amide bonds. The van der Waals surface area contributed by atoms with Gasteiger partial charge < -0.3 is 0 Å². The minimum Gasteiger partial charge on any atom is -0.286 e. The Bertz CT molecular complexity index is 1370. The van der Waals surface area contributed by atoms with Crippen LogP contribution in [0.1, 0.15) is 24.1 Å². The van der Waals surface area contributed by atoms with Crippen molar-refractivity contribution < 1.29 is 21.2 Å². The number of hydrogen-bond acceptors (Lipinski definition) is 5. The minimum absolute atomic E-state index is 0.157. The lowest BCUT2D eigenvalue weighted by molar-refractivity contribution is 0.0132. The molecule has 1 heterocycles. The summed E-state index contributed by atoms with van der Waals surface area (Å²) < 4.78 is 66.0. The van der Waals surface area contributed by atoms with Crippen LogP contribution in [0.25, 0.3) is 0 Å². The normalized spacial score (nSPS) is 19.2. The highest BCUT2D eigenvalue weighted by Gasteiger charge is 2.51. The van der Waals surface area contributed by atoms with Crippen LogP contribution >= 0.6 is 23.2 Å². The predicted octanol–water partition coefficient (Wildman–Crippen LogP) is 4.95. The first-order valence-electron chi connectivity index (χ1n) is 10.7. The first kappa shape index (κ1) is 26.1. The van der Waals surface area contributed by atoms with E-state index in [1.807, 2.05) is 29.2 Å². The van der Waals surface area contributed by atoms with E-state index in [1.165, 1.54) is 0 Å². The maximum absolute atomic E-state index is 13.4. The predicted molar refractivity (Wildman–Crippen MR) is 135 cm³/mol. The molecule has 1 aliphatic heterocycles. The number of hydrogen-bond donors (Lipinski definition) is 0. The summed E-state index contributed by atoms with van der Waals surface area (Å²) >= 11 is 12.2. The van der Waals surface area contributed by atoms with Crippen LogP contribution in [0.15, 0.2) is 77.7 Å².